The first-order valence-corrected chi connectivity index (χ1v) is 10.8. The van der Waals surface area contributed by atoms with Crippen molar-refractivity contribution in [3.8, 4) is 11.5 Å². The first-order valence-electron chi connectivity index (χ1n) is 10.0. The number of aliphatic hydroxyl groups is 1. The van der Waals surface area contributed by atoms with E-state index in [1.807, 2.05) is 36.4 Å². The molecule has 2 aromatic rings. The molecular weight excluding hydrogens is 462 g/mol. The van der Waals surface area contributed by atoms with Gasteiger partial charge in [-0.2, -0.15) is 0 Å². The highest BCUT2D eigenvalue weighted by molar-refractivity contribution is 9.10. The van der Waals surface area contributed by atoms with Crippen LogP contribution in [0.5, 0.6) is 11.5 Å². The maximum Gasteiger partial charge on any atom is 0.411 e. The van der Waals surface area contributed by atoms with Crippen molar-refractivity contribution in [2.45, 2.75) is 25.1 Å². The van der Waals surface area contributed by atoms with E-state index in [0.29, 0.717) is 31.1 Å². The molecule has 2 atom stereocenters. The smallest absolute Gasteiger partial charge is 0.411 e. The van der Waals surface area contributed by atoms with Crippen LogP contribution in [0.1, 0.15) is 23.6 Å². The molecule has 1 amide bonds. The number of fused-ring (bicyclic) bond motifs is 1. The summed E-state index contributed by atoms with van der Waals surface area (Å²) in [7, 11) is 0. The first-order chi connectivity index (χ1) is 15.1. The third-order valence-electron chi connectivity index (χ3n) is 4.84. The van der Waals surface area contributed by atoms with Crippen LogP contribution in [-0.4, -0.2) is 42.0 Å². The van der Waals surface area contributed by atoms with Crippen LogP contribution in [0.4, 0.5) is 4.79 Å². The van der Waals surface area contributed by atoms with Crippen LogP contribution < -0.4 is 9.47 Å². The van der Waals surface area contributed by atoms with E-state index < -0.39 is 18.2 Å². The van der Waals surface area contributed by atoms with E-state index in [0.717, 1.165) is 15.6 Å². The van der Waals surface area contributed by atoms with Crippen LogP contribution >= 0.6 is 15.9 Å². The Labute approximate surface area is 190 Å². The van der Waals surface area contributed by atoms with Crippen molar-refractivity contribution >= 4 is 22.0 Å². The fraction of sp³-hybridized carbons (Fsp3) is 0.292. The summed E-state index contributed by atoms with van der Waals surface area (Å²) in [5.74, 6) is 1.28. The van der Waals surface area contributed by atoms with Gasteiger partial charge in [0.05, 0.1) is 6.61 Å². The van der Waals surface area contributed by atoms with E-state index in [4.69, 9.17) is 19.3 Å². The van der Waals surface area contributed by atoms with Crippen molar-refractivity contribution < 1.29 is 24.1 Å². The number of amides is 1. The topological polar surface area (TPSA) is 68.2 Å². The number of ether oxygens (including phenoxy) is 3. The molecule has 0 saturated carbocycles. The molecule has 0 aliphatic carbocycles. The summed E-state index contributed by atoms with van der Waals surface area (Å²) in [4.78, 5) is 14.6. The number of rotatable bonds is 10. The van der Waals surface area contributed by atoms with Gasteiger partial charge in [0.25, 0.3) is 0 Å². The van der Waals surface area contributed by atoms with Gasteiger partial charge >= 0.3 is 6.09 Å². The molecule has 3 rings (SSSR count). The lowest BCUT2D eigenvalue weighted by molar-refractivity contribution is 0.0720. The largest absolute Gasteiger partial charge is 0.493 e. The molecule has 0 radical (unpaired) electrons. The molecule has 0 bridgehead atoms. The van der Waals surface area contributed by atoms with Gasteiger partial charge in [-0.05, 0) is 35.9 Å². The Morgan fingerprint density at radius 1 is 1.23 bits per heavy atom. The standard InChI is InChI=1S/C24H26BrNO5/c1-3-13-30-24(28)26(16-17-6-8-18(25)9-7-17)23-20-11-10-19(29-14-5-12-27)15-22(20)31-21(23)4-2/h3-4,6-11,15,21,23,27H,1-2,5,12-14,16H2/t21-,23+/m1/s1. The van der Waals surface area contributed by atoms with Gasteiger partial charge in [0, 0.05) is 35.7 Å². The third-order valence-corrected chi connectivity index (χ3v) is 5.37. The van der Waals surface area contributed by atoms with Gasteiger partial charge in [0.2, 0.25) is 0 Å². The van der Waals surface area contributed by atoms with Crippen molar-refractivity contribution in [2.24, 2.45) is 0 Å². The maximum absolute atomic E-state index is 13.0. The van der Waals surface area contributed by atoms with Crippen LogP contribution in [0.25, 0.3) is 0 Å². The molecular formula is C24H26BrNO5. The fourth-order valence-corrected chi connectivity index (χ4v) is 3.66. The van der Waals surface area contributed by atoms with Gasteiger partial charge in [0.1, 0.15) is 30.3 Å². The molecule has 1 aliphatic rings. The minimum absolute atomic E-state index is 0.0693. The monoisotopic (exact) mass is 487 g/mol. The van der Waals surface area contributed by atoms with Crippen LogP contribution in [0.2, 0.25) is 0 Å². The number of nitrogens with zero attached hydrogens (tertiary/aromatic N) is 1. The lowest BCUT2D eigenvalue weighted by Gasteiger charge is -2.30. The molecule has 6 nitrogen and oxygen atoms in total. The van der Waals surface area contributed by atoms with E-state index in [2.05, 4.69) is 29.1 Å². The highest BCUT2D eigenvalue weighted by Gasteiger charge is 2.40. The lowest BCUT2D eigenvalue weighted by Crippen LogP contribution is -2.39. The predicted octanol–water partition coefficient (Wildman–Crippen LogP) is 5.02. The number of carbonyl (C=O) groups excluding carboxylic acids is 1. The predicted molar refractivity (Wildman–Crippen MR) is 122 cm³/mol. The summed E-state index contributed by atoms with van der Waals surface area (Å²) < 4.78 is 18.1. The number of carbonyl (C=O) groups is 1. The molecule has 2 aromatic carbocycles. The van der Waals surface area contributed by atoms with Crippen LogP contribution in [-0.2, 0) is 11.3 Å². The molecule has 1 aliphatic heterocycles. The highest BCUT2D eigenvalue weighted by Crippen LogP contribution is 2.43. The van der Waals surface area contributed by atoms with Crippen LogP contribution in [0, 0.1) is 0 Å². The summed E-state index contributed by atoms with van der Waals surface area (Å²) in [6.07, 6.45) is 2.88. The van der Waals surface area contributed by atoms with Gasteiger partial charge in [-0.1, -0.05) is 47.3 Å². The second-order valence-corrected chi connectivity index (χ2v) is 7.92. The Balaban J connectivity index is 1.91. The Morgan fingerprint density at radius 3 is 2.68 bits per heavy atom. The summed E-state index contributed by atoms with van der Waals surface area (Å²) in [6.45, 7) is 8.46. The van der Waals surface area contributed by atoms with Crippen molar-refractivity contribution in [2.75, 3.05) is 19.8 Å². The van der Waals surface area contributed by atoms with E-state index in [-0.39, 0.29) is 13.2 Å². The molecule has 0 unspecified atom stereocenters. The number of hydrogen-bond acceptors (Lipinski definition) is 5. The Morgan fingerprint density at radius 2 is 2.00 bits per heavy atom. The molecule has 1 heterocycles. The maximum atomic E-state index is 13.0. The van der Waals surface area contributed by atoms with Gasteiger partial charge in [0.15, 0.2) is 0 Å². The number of hydrogen-bond donors (Lipinski definition) is 1. The Kier molecular flexibility index (Phi) is 8.14. The minimum atomic E-state index is -0.459. The van der Waals surface area contributed by atoms with Crippen LogP contribution in [0.15, 0.2) is 72.2 Å². The van der Waals surface area contributed by atoms with Crippen molar-refractivity contribution in [1.82, 2.24) is 4.90 Å². The number of halogens is 1. The zero-order valence-corrected chi connectivity index (χ0v) is 18.8. The quantitative estimate of drug-likeness (QED) is 0.376. The summed E-state index contributed by atoms with van der Waals surface area (Å²) >= 11 is 3.44. The second kappa shape index (κ2) is 11.0. The molecule has 1 N–H and O–H groups in total. The number of aliphatic hydroxyl groups excluding tert-OH is 1. The van der Waals surface area contributed by atoms with E-state index in [9.17, 15) is 4.79 Å². The molecule has 0 fully saturated rings. The molecule has 0 spiro atoms. The van der Waals surface area contributed by atoms with Gasteiger partial charge < -0.3 is 19.3 Å². The lowest BCUT2D eigenvalue weighted by atomic mass is 10.0. The van der Waals surface area contributed by atoms with Crippen molar-refractivity contribution in [1.29, 1.82) is 0 Å². The number of benzene rings is 2. The Hall–Kier alpha value is -2.77. The average Bonchev–Trinajstić information content (AvgIpc) is 3.15. The fourth-order valence-electron chi connectivity index (χ4n) is 3.39. The molecule has 164 valence electrons. The molecule has 0 aromatic heterocycles. The van der Waals surface area contributed by atoms with Crippen LogP contribution in [0.3, 0.4) is 0 Å². The van der Waals surface area contributed by atoms with Crippen molar-refractivity contribution in [3.63, 3.8) is 0 Å². The molecule has 31 heavy (non-hydrogen) atoms. The van der Waals surface area contributed by atoms with Gasteiger partial charge in [-0.3, -0.25) is 4.90 Å². The zero-order valence-electron chi connectivity index (χ0n) is 17.2. The average molecular weight is 488 g/mol. The van der Waals surface area contributed by atoms with Gasteiger partial charge in [-0.25, -0.2) is 4.79 Å². The summed E-state index contributed by atoms with van der Waals surface area (Å²) in [6, 6.07) is 12.9. The SMILES string of the molecule is C=CCOC(=O)N(Cc1ccc(Br)cc1)[C@H]1c2ccc(OCCCO)cc2O[C@@H]1C=C. The summed E-state index contributed by atoms with van der Waals surface area (Å²) in [5, 5.41) is 8.94. The Bertz CT molecular complexity index is 915. The first kappa shape index (κ1) is 22.9. The minimum Gasteiger partial charge on any atom is -0.493 e. The van der Waals surface area contributed by atoms with Gasteiger partial charge in [-0.15, -0.1) is 0 Å². The molecule has 7 heteroatoms. The third kappa shape index (κ3) is 5.68. The second-order valence-electron chi connectivity index (χ2n) is 7.01. The highest BCUT2D eigenvalue weighted by atomic mass is 79.9. The van der Waals surface area contributed by atoms with Crippen molar-refractivity contribution in [3.05, 3.63) is 83.4 Å². The van der Waals surface area contributed by atoms with E-state index in [1.54, 1.807) is 17.0 Å². The van der Waals surface area contributed by atoms with E-state index in [1.165, 1.54) is 6.08 Å². The zero-order chi connectivity index (χ0) is 22.2. The van der Waals surface area contributed by atoms with E-state index >= 15 is 0 Å². The normalized spacial score (nSPS) is 16.7. The summed E-state index contributed by atoms with van der Waals surface area (Å²) in [5.41, 5.74) is 1.81. The molecule has 0 saturated heterocycles.